The molecule has 3 saturated heterocycles. The van der Waals surface area contributed by atoms with Crippen LogP contribution in [0.1, 0.15) is 24.1 Å². The summed E-state index contributed by atoms with van der Waals surface area (Å²) >= 11 is 1.64. The average Bonchev–Trinajstić information content (AvgIpc) is 2.92. The summed E-state index contributed by atoms with van der Waals surface area (Å²) in [6, 6.07) is 4.75. The van der Waals surface area contributed by atoms with Gasteiger partial charge >= 0.3 is 0 Å². The Hall–Kier alpha value is -1.37. The van der Waals surface area contributed by atoms with Crippen LogP contribution in [0, 0.1) is 17.6 Å². The normalized spacial score (nSPS) is 25.1. The Balaban J connectivity index is 1.45. The van der Waals surface area contributed by atoms with E-state index in [0.29, 0.717) is 18.5 Å². The lowest BCUT2D eigenvalue weighted by atomic mass is 9.94. The molecule has 2 atom stereocenters. The van der Waals surface area contributed by atoms with Gasteiger partial charge in [-0.05, 0) is 36.5 Å². The summed E-state index contributed by atoms with van der Waals surface area (Å²) in [5.41, 5.74) is 3.89. The second-order valence-electron chi connectivity index (χ2n) is 6.95. The van der Waals surface area contributed by atoms with E-state index in [9.17, 15) is 8.78 Å². The summed E-state index contributed by atoms with van der Waals surface area (Å²) in [6.45, 7) is 4.77. The van der Waals surface area contributed by atoms with E-state index in [1.807, 2.05) is 5.51 Å². The van der Waals surface area contributed by atoms with E-state index >= 15 is 0 Å². The molecule has 24 heavy (non-hydrogen) atoms. The van der Waals surface area contributed by atoms with Crippen LogP contribution in [0.4, 0.5) is 8.78 Å². The van der Waals surface area contributed by atoms with Gasteiger partial charge in [0.1, 0.15) is 0 Å². The molecule has 0 aliphatic carbocycles. The van der Waals surface area contributed by atoms with Crippen molar-refractivity contribution in [2.75, 3.05) is 19.6 Å². The molecule has 3 nitrogen and oxygen atoms in total. The highest BCUT2D eigenvalue weighted by Crippen LogP contribution is 2.30. The molecule has 0 radical (unpaired) electrons. The van der Waals surface area contributed by atoms with E-state index in [-0.39, 0.29) is 0 Å². The zero-order valence-electron chi connectivity index (χ0n) is 13.5. The maximum Gasteiger partial charge on any atom is 0.159 e. The number of benzene rings is 1. The average molecular weight is 349 g/mol. The standard InChI is InChI=1S/C18H21F2N3S/c19-17-4-2-13(5-18(17)20)7-23-8-14-1-3-16(23)10-22(6-14)9-15-11-24-12-21-15/h2,4-5,11-12,14,16H,1,3,6-10H2/t14-,16+/m0/s1. The van der Waals surface area contributed by atoms with Gasteiger partial charge in [0.25, 0.3) is 0 Å². The van der Waals surface area contributed by atoms with E-state index in [2.05, 4.69) is 20.2 Å². The summed E-state index contributed by atoms with van der Waals surface area (Å²) < 4.78 is 26.6. The molecule has 0 spiro atoms. The third-order valence-corrected chi connectivity index (χ3v) is 5.78. The number of aromatic nitrogens is 1. The summed E-state index contributed by atoms with van der Waals surface area (Å²) in [7, 11) is 0. The molecule has 128 valence electrons. The summed E-state index contributed by atoms with van der Waals surface area (Å²) in [4.78, 5) is 9.35. The maximum absolute atomic E-state index is 13.5. The Bertz CT molecular complexity index is 692. The fraction of sp³-hybridized carbons (Fsp3) is 0.500. The van der Waals surface area contributed by atoms with Crippen molar-refractivity contribution in [2.24, 2.45) is 5.92 Å². The number of thiazole rings is 1. The number of nitrogens with zero attached hydrogens (tertiary/aromatic N) is 3. The lowest BCUT2D eigenvalue weighted by Gasteiger charge is -2.36. The number of hydrogen-bond donors (Lipinski definition) is 0. The fourth-order valence-electron chi connectivity index (χ4n) is 4.02. The Morgan fingerprint density at radius 2 is 2.00 bits per heavy atom. The maximum atomic E-state index is 13.5. The van der Waals surface area contributed by atoms with Gasteiger partial charge in [-0.25, -0.2) is 13.8 Å². The van der Waals surface area contributed by atoms with Crippen molar-refractivity contribution < 1.29 is 8.78 Å². The third-order valence-electron chi connectivity index (χ3n) is 5.14. The molecule has 2 bridgehead atoms. The fourth-order valence-corrected chi connectivity index (χ4v) is 4.57. The minimum absolute atomic E-state index is 0.482. The number of rotatable bonds is 4. The smallest absolute Gasteiger partial charge is 0.159 e. The number of halogens is 2. The molecular weight excluding hydrogens is 328 g/mol. The van der Waals surface area contributed by atoms with Crippen molar-refractivity contribution in [3.63, 3.8) is 0 Å². The lowest BCUT2D eigenvalue weighted by molar-refractivity contribution is 0.123. The Labute approximate surface area is 144 Å². The number of hydrogen-bond acceptors (Lipinski definition) is 4. The first kappa shape index (κ1) is 16.1. The molecule has 4 heterocycles. The molecule has 2 aromatic rings. The molecule has 0 N–H and O–H groups in total. The Morgan fingerprint density at radius 3 is 2.79 bits per heavy atom. The third kappa shape index (κ3) is 3.50. The van der Waals surface area contributed by atoms with Crippen molar-refractivity contribution in [2.45, 2.75) is 32.0 Å². The first-order chi connectivity index (χ1) is 11.7. The summed E-state index contributed by atoms with van der Waals surface area (Å²) in [5.74, 6) is -0.879. The van der Waals surface area contributed by atoms with Crippen LogP contribution in [0.15, 0.2) is 29.1 Å². The summed E-state index contributed by atoms with van der Waals surface area (Å²) in [5, 5.41) is 2.12. The van der Waals surface area contributed by atoms with E-state index in [1.54, 1.807) is 17.4 Å². The molecule has 3 aliphatic heterocycles. The Morgan fingerprint density at radius 1 is 1.08 bits per heavy atom. The molecule has 5 rings (SSSR count). The number of piperidine rings is 1. The minimum Gasteiger partial charge on any atom is -0.296 e. The van der Waals surface area contributed by atoms with Crippen molar-refractivity contribution in [1.82, 2.24) is 14.8 Å². The van der Waals surface area contributed by atoms with Gasteiger partial charge in [0.15, 0.2) is 11.6 Å². The molecule has 0 unspecified atom stereocenters. The summed E-state index contributed by atoms with van der Waals surface area (Å²) in [6.07, 6.45) is 2.44. The second kappa shape index (κ2) is 6.86. The van der Waals surface area contributed by atoms with Crippen molar-refractivity contribution in [3.05, 3.63) is 52.0 Å². The van der Waals surface area contributed by atoms with Gasteiger partial charge in [-0.1, -0.05) is 6.07 Å². The van der Waals surface area contributed by atoms with Gasteiger partial charge in [-0.2, -0.15) is 0 Å². The first-order valence-corrected chi connectivity index (χ1v) is 9.39. The van der Waals surface area contributed by atoms with Crippen molar-refractivity contribution >= 4 is 11.3 Å². The largest absolute Gasteiger partial charge is 0.296 e. The highest BCUT2D eigenvalue weighted by atomic mass is 32.1. The van der Waals surface area contributed by atoms with Crippen LogP contribution in [0.2, 0.25) is 0 Å². The van der Waals surface area contributed by atoms with Gasteiger partial charge < -0.3 is 0 Å². The van der Waals surface area contributed by atoms with Crippen LogP contribution < -0.4 is 0 Å². The van der Waals surface area contributed by atoms with E-state index in [0.717, 1.165) is 37.4 Å². The van der Waals surface area contributed by atoms with Crippen LogP contribution in [-0.2, 0) is 13.1 Å². The highest BCUT2D eigenvalue weighted by Gasteiger charge is 2.34. The predicted octanol–water partition coefficient (Wildman–Crippen LogP) is 3.52. The van der Waals surface area contributed by atoms with Gasteiger partial charge in [0.2, 0.25) is 0 Å². The molecule has 0 saturated carbocycles. The topological polar surface area (TPSA) is 19.4 Å². The first-order valence-electron chi connectivity index (χ1n) is 8.45. The SMILES string of the molecule is Fc1ccc(CN2C[C@H]3CC[C@@H]2CN(Cc2cscn2)C3)cc1F. The van der Waals surface area contributed by atoms with Gasteiger partial charge in [-0.15, -0.1) is 11.3 Å². The second-order valence-corrected chi connectivity index (χ2v) is 7.67. The zero-order chi connectivity index (χ0) is 16.5. The molecule has 3 fully saturated rings. The zero-order valence-corrected chi connectivity index (χ0v) is 14.3. The van der Waals surface area contributed by atoms with Crippen LogP contribution in [0.25, 0.3) is 0 Å². The lowest BCUT2D eigenvalue weighted by Crippen LogP contribution is -2.43. The van der Waals surface area contributed by atoms with Crippen LogP contribution >= 0.6 is 11.3 Å². The Kier molecular flexibility index (Phi) is 4.61. The number of fused-ring (bicyclic) bond motifs is 4. The molecule has 6 heteroatoms. The van der Waals surface area contributed by atoms with Crippen LogP contribution in [0.5, 0.6) is 0 Å². The predicted molar refractivity (Wildman–Crippen MR) is 90.7 cm³/mol. The molecule has 1 aromatic carbocycles. The molecule has 1 aromatic heterocycles. The molecule has 3 aliphatic rings. The quantitative estimate of drug-likeness (QED) is 0.842. The van der Waals surface area contributed by atoms with E-state index in [4.69, 9.17) is 0 Å². The van der Waals surface area contributed by atoms with Crippen molar-refractivity contribution in [1.29, 1.82) is 0 Å². The van der Waals surface area contributed by atoms with Gasteiger partial charge in [-0.3, -0.25) is 9.80 Å². The van der Waals surface area contributed by atoms with Gasteiger partial charge in [0, 0.05) is 44.1 Å². The van der Waals surface area contributed by atoms with E-state index < -0.39 is 11.6 Å². The molecular formula is C18H21F2N3S. The van der Waals surface area contributed by atoms with Crippen molar-refractivity contribution in [3.8, 4) is 0 Å². The minimum atomic E-state index is -0.773. The van der Waals surface area contributed by atoms with E-state index in [1.165, 1.54) is 25.0 Å². The molecule has 0 amide bonds. The van der Waals surface area contributed by atoms with Crippen LogP contribution in [-0.4, -0.2) is 40.5 Å². The monoisotopic (exact) mass is 349 g/mol. The van der Waals surface area contributed by atoms with Crippen LogP contribution in [0.3, 0.4) is 0 Å². The highest BCUT2D eigenvalue weighted by molar-refractivity contribution is 7.07. The van der Waals surface area contributed by atoms with Gasteiger partial charge in [0.05, 0.1) is 11.2 Å².